The van der Waals surface area contributed by atoms with E-state index in [2.05, 4.69) is 25.9 Å². The molecule has 0 saturated heterocycles. The second-order valence-electron chi connectivity index (χ2n) is 6.14. The average molecular weight is 487 g/mol. The molecule has 2 aromatic heterocycles. The highest BCUT2D eigenvalue weighted by molar-refractivity contribution is 9.10. The molecule has 0 radical (unpaired) electrons. The Morgan fingerprint density at radius 3 is 2.63 bits per heavy atom. The van der Waals surface area contributed by atoms with Gasteiger partial charge >= 0.3 is 0 Å². The van der Waals surface area contributed by atoms with Crippen LogP contribution in [0, 0.1) is 0 Å². The van der Waals surface area contributed by atoms with Crippen LogP contribution in [0.25, 0.3) is 16.6 Å². The van der Waals surface area contributed by atoms with Crippen LogP contribution in [0.2, 0.25) is 10.0 Å². The number of aromatic amines is 1. The molecule has 0 spiro atoms. The summed E-state index contributed by atoms with van der Waals surface area (Å²) < 4.78 is 28.1. The minimum Gasteiger partial charge on any atom is -0.346 e. The van der Waals surface area contributed by atoms with Crippen LogP contribution in [-0.4, -0.2) is 35.8 Å². The topological polar surface area (TPSA) is 66.1 Å². The molecule has 1 aliphatic rings. The number of sulfonamides is 1. The summed E-state index contributed by atoms with van der Waals surface area (Å²) in [5, 5.41) is 1.23. The Hall–Kier alpha value is -1.38. The summed E-state index contributed by atoms with van der Waals surface area (Å²) in [5.74, 6) is 0. The van der Waals surface area contributed by atoms with E-state index in [9.17, 15) is 8.42 Å². The zero-order valence-corrected chi connectivity index (χ0v) is 17.8. The van der Waals surface area contributed by atoms with Gasteiger partial charge in [0, 0.05) is 40.9 Å². The number of pyridine rings is 1. The number of halogens is 3. The number of H-pyrrole nitrogens is 1. The van der Waals surface area contributed by atoms with Gasteiger partial charge in [0.25, 0.3) is 0 Å². The third-order valence-corrected chi connectivity index (χ3v) is 7.78. The maximum absolute atomic E-state index is 13.0. The van der Waals surface area contributed by atoms with Crippen molar-refractivity contribution in [1.82, 2.24) is 14.3 Å². The summed E-state index contributed by atoms with van der Waals surface area (Å²) in [5.41, 5.74) is 2.96. The summed E-state index contributed by atoms with van der Waals surface area (Å²) in [6, 6.07) is 6.95. The van der Waals surface area contributed by atoms with Crippen LogP contribution >= 0.6 is 39.1 Å². The lowest BCUT2D eigenvalue weighted by atomic mass is 10.0. The molecular formula is C18H14BrCl2N3O2S. The van der Waals surface area contributed by atoms with Crippen LogP contribution in [0.5, 0.6) is 0 Å². The maximum atomic E-state index is 13.0. The van der Waals surface area contributed by atoms with Gasteiger partial charge < -0.3 is 4.98 Å². The molecule has 1 N–H and O–H groups in total. The first-order chi connectivity index (χ1) is 12.9. The van der Waals surface area contributed by atoms with Crippen LogP contribution in [0.3, 0.4) is 0 Å². The van der Waals surface area contributed by atoms with Gasteiger partial charge in [-0.3, -0.25) is 0 Å². The van der Waals surface area contributed by atoms with E-state index in [0.29, 0.717) is 17.4 Å². The van der Waals surface area contributed by atoms with E-state index in [0.717, 1.165) is 22.2 Å². The lowest BCUT2D eigenvalue weighted by Gasteiger charge is -2.26. The SMILES string of the molecule is O=S(=O)(c1c(Cl)cc(Br)cc1Cl)N1CC=C(c2c[nH]c3ncccc23)CC1. The molecule has 4 rings (SSSR count). The lowest BCUT2D eigenvalue weighted by Crippen LogP contribution is -2.35. The van der Waals surface area contributed by atoms with Gasteiger partial charge in [0.2, 0.25) is 10.0 Å². The Labute approximate surface area is 175 Å². The zero-order chi connectivity index (χ0) is 19.2. The molecular weight excluding hydrogens is 473 g/mol. The lowest BCUT2D eigenvalue weighted by molar-refractivity contribution is 0.441. The normalized spacial score (nSPS) is 15.9. The van der Waals surface area contributed by atoms with Crippen molar-refractivity contribution in [3.8, 4) is 0 Å². The van der Waals surface area contributed by atoms with E-state index in [1.165, 1.54) is 16.4 Å². The minimum atomic E-state index is -3.79. The molecule has 0 unspecified atom stereocenters. The number of hydrogen-bond donors (Lipinski definition) is 1. The largest absolute Gasteiger partial charge is 0.346 e. The van der Waals surface area contributed by atoms with Crippen molar-refractivity contribution in [1.29, 1.82) is 0 Å². The van der Waals surface area contributed by atoms with Crippen LogP contribution in [0.15, 0.2) is 52.1 Å². The van der Waals surface area contributed by atoms with Crippen molar-refractivity contribution in [2.75, 3.05) is 13.1 Å². The smallest absolute Gasteiger partial charge is 0.246 e. The van der Waals surface area contributed by atoms with E-state index >= 15 is 0 Å². The van der Waals surface area contributed by atoms with Crippen LogP contribution in [0.4, 0.5) is 0 Å². The summed E-state index contributed by atoms with van der Waals surface area (Å²) in [6.45, 7) is 0.608. The van der Waals surface area contributed by atoms with Gasteiger partial charge in [-0.2, -0.15) is 4.31 Å². The van der Waals surface area contributed by atoms with Gasteiger partial charge in [0.05, 0.1) is 10.0 Å². The quantitative estimate of drug-likeness (QED) is 0.559. The molecule has 0 bridgehead atoms. The van der Waals surface area contributed by atoms with Crippen LogP contribution < -0.4 is 0 Å². The minimum absolute atomic E-state index is 0.0535. The summed E-state index contributed by atoms with van der Waals surface area (Å²) in [6.07, 6.45) is 6.16. The highest BCUT2D eigenvalue weighted by Crippen LogP contribution is 2.36. The van der Waals surface area contributed by atoms with E-state index in [4.69, 9.17) is 23.2 Å². The molecule has 0 atom stereocenters. The first-order valence-corrected chi connectivity index (χ1v) is 11.1. The number of hydrogen-bond acceptors (Lipinski definition) is 3. The van der Waals surface area contributed by atoms with Gasteiger partial charge in [0.15, 0.2) is 0 Å². The van der Waals surface area contributed by atoms with Gasteiger partial charge in [0.1, 0.15) is 10.5 Å². The molecule has 140 valence electrons. The van der Waals surface area contributed by atoms with Crippen molar-refractivity contribution in [3.63, 3.8) is 0 Å². The van der Waals surface area contributed by atoms with E-state index < -0.39 is 10.0 Å². The monoisotopic (exact) mass is 485 g/mol. The predicted octanol–water partition coefficient (Wildman–Crippen LogP) is 5.11. The Kier molecular flexibility index (Phi) is 5.07. The number of rotatable bonds is 3. The first kappa shape index (κ1) is 19.0. The fourth-order valence-electron chi connectivity index (χ4n) is 3.24. The van der Waals surface area contributed by atoms with Gasteiger partial charge in [-0.05, 0) is 36.3 Å². The Morgan fingerprint density at radius 1 is 1.22 bits per heavy atom. The summed E-state index contributed by atoms with van der Waals surface area (Å²) >= 11 is 15.6. The fraction of sp³-hybridized carbons (Fsp3) is 0.167. The Balaban J connectivity index is 1.65. The second kappa shape index (κ2) is 7.22. The van der Waals surface area contributed by atoms with Crippen molar-refractivity contribution in [2.45, 2.75) is 11.3 Å². The molecule has 0 amide bonds. The molecule has 9 heteroatoms. The molecule has 1 aliphatic heterocycles. The number of aromatic nitrogens is 2. The summed E-state index contributed by atoms with van der Waals surface area (Å²) in [7, 11) is -3.79. The van der Waals surface area contributed by atoms with Crippen molar-refractivity contribution >= 4 is 65.8 Å². The summed E-state index contributed by atoms with van der Waals surface area (Å²) in [4.78, 5) is 7.39. The highest BCUT2D eigenvalue weighted by atomic mass is 79.9. The van der Waals surface area contributed by atoms with Crippen LogP contribution in [-0.2, 0) is 10.0 Å². The number of nitrogens with one attached hydrogen (secondary N) is 1. The highest BCUT2D eigenvalue weighted by Gasteiger charge is 2.31. The molecule has 27 heavy (non-hydrogen) atoms. The maximum Gasteiger partial charge on any atom is 0.246 e. The fourth-order valence-corrected chi connectivity index (χ4v) is 6.50. The van der Waals surface area contributed by atoms with Crippen LogP contribution in [0.1, 0.15) is 12.0 Å². The first-order valence-electron chi connectivity index (χ1n) is 8.14. The second-order valence-corrected chi connectivity index (χ2v) is 9.75. The molecule has 1 aromatic carbocycles. The van der Waals surface area contributed by atoms with E-state index in [1.807, 2.05) is 24.4 Å². The van der Waals surface area contributed by atoms with E-state index in [1.54, 1.807) is 6.20 Å². The van der Waals surface area contributed by atoms with Crippen molar-refractivity contribution in [3.05, 3.63) is 62.8 Å². The van der Waals surface area contributed by atoms with Gasteiger partial charge in [-0.25, -0.2) is 13.4 Å². The third-order valence-electron chi connectivity index (χ3n) is 4.53. The van der Waals surface area contributed by atoms with Gasteiger partial charge in [-0.15, -0.1) is 0 Å². The standard InChI is InChI=1S/C18H14BrCl2N3O2S/c19-12-8-15(20)17(16(21)9-12)27(25,26)24-6-3-11(4-7-24)14-10-23-18-13(14)2-1-5-22-18/h1-3,5,8-10H,4,6-7H2,(H,22,23). The zero-order valence-electron chi connectivity index (χ0n) is 13.9. The predicted molar refractivity (Wildman–Crippen MR) is 112 cm³/mol. The molecule has 3 aromatic rings. The Bertz CT molecular complexity index is 1150. The molecule has 3 heterocycles. The molecule has 5 nitrogen and oxygen atoms in total. The molecule has 0 saturated carbocycles. The van der Waals surface area contributed by atoms with E-state index in [-0.39, 0.29) is 21.5 Å². The van der Waals surface area contributed by atoms with Crippen molar-refractivity contribution < 1.29 is 8.42 Å². The third kappa shape index (κ3) is 3.43. The number of nitrogens with zero attached hydrogens (tertiary/aromatic N) is 2. The molecule has 0 aliphatic carbocycles. The molecule has 0 fully saturated rings. The Morgan fingerprint density at radius 2 is 1.96 bits per heavy atom. The number of fused-ring (bicyclic) bond motifs is 1. The van der Waals surface area contributed by atoms with Crippen molar-refractivity contribution in [2.24, 2.45) is 0 Å². The number of benzene rings is 1. The average Bonchev–Trinajstić information content (AvgIpc) is 3.05. The van der Waals surface area contributed by atoms with Gasteiger partial charge in [-0.1, -0.05) is 45.2 Å².